The Labute approximate surface area is 347 Å². The molecule has 0 radical (unpaired) electrons. The highest BCUT2D eigenvalue weighted by Crippen LogP contribution is 2.15. The van der Waals surface area contributed by atoms with Crippen LogP contribution in [0, 0.1) is 41.4 Å². The van der Waals surface area contributed by atoms with Gasteiger partial charge in [0.2, 0.25) is 5.91 Å². The van der Waals surface area contributed by atoms with E-state index in [-0.39, 0.29) is 109 Å². The highest BCUT2D eigenvalue weighted by atomic mass is 16.6. The lowest BCUT2D eigenvalue weighted by Crippen LogP contribution is -2.42. The second-order valence-electron chi connectivity index (χ2n) is 17.1. The van der Waals surface area contributed by atoms with Crippen molar-refractivity contribution in [1.29, 1.82) is 0 Å². The summed E-state index contributed by atoms with van der Waals surface area (Å²) in [6.45, 7) is 28.3. The van der Waals surface area contributed by atoms with Gasteiger partial charge in [0, 0.05) is 85.8 Å². The fraction of sp³-hybridized carbons (Fsp3) is 0.727. The molecule has 1 aliphatic rings. The first-order valence-corrected chi connectivity index (χ1v) is 19.9. The first-order chi connectivity index (χ1) is 25.9. The van der Waals surface area contributed by atoms with E-state index in [0.29, 0.717) is 6.42 Å². The third kappa shape index (κ3) is 23.8. The highest BCUT2D eigenvalue weighted by molar-refractivity contribution is 6.13. The molecule has 0 aromatic carbocycles. The number of nitrogens with one attached hydrogen (secondary N) is 2. The zero-order valence-corrected chi connectivity index (χ0v) is 37.3. The van der Waals surface area contributed by atoms with Gasteiger partial charge in [0.15, 0.2) is 11.6 Å². The van der Waals surface area contributed by atoms with E-state index in [9.17, 15) is 47.9 Å². The zero-order valence-electron chi connectivity index (χ0n) is 37.3. The Kier molecular flexibility index (Phi) is 27.3. The standard InChI is InChI=1S/C17H24N2O5.C15H27NO4.C11H20O2.CH4/c1-10(2)17(24)11(3)9-13(20)12(4)18-14(21)7-8-19-15(22)5-6-16(19)23;1-9(2)13(18)10(3)8-12(17)11(4)16-14(19)20-15(5,6)7;1-7(2)10(12)6-9(5)11(13)8(3)4;/h5-6,10-12H,7-9H2,1-4H3,(H,18,21);9-11H,8H2,1-7H3,(H,16,19);7-9H,6H2,1-5H3;1H4/t11-,12+;10-,11+;9-;/m111./s1. The summed E-state index contributed by atoms with van der Waals surface area (Å²) < 4.78 is 5.08. The van der Waals surface area contributed by atoms with E-state index in [0.717, 1.165) is 17.1 Å². The molecule has 0 saturated carbocycles. The van der Waals surface area contributed by atoms with E-state index in [1.807, 2.05) is 48.5 Å². The van der Waals surface area contributed by atoms with Crippen LogP contribution in [0.25, 0.3) is 0 Å². The maximum absolute atomic E-state index is 12.1. The van der Waals surface area contributed by atoms with Crippen molar-refractivity contribution >= 4 is 58.5 Å². The van der Waals surface area contributed by atoms with Gasteiger partial charge < -0.3 is 15.4 Å². The summed E-state index contributed by atoms with van der Waals surface area (Å²) in [7, 11) is 0. The Morgan fingerprint density at radius 2 is 0.879 bits per heavy atom. The molecule has 14 nitrogen and oxygen atoms in total. The number of ether oxygens (including phenoxy) is 1. The van der Waals surface area contributed by atoms with Gasteiger partial charge in [-0.15, -0.1) is 0 Å². The molecule has 332 valence electrons. The van der Waals surface area contributed by atoms with Gasteiger partial charge in [-0.1, -0.05) is 83.6 Å². The first kappa shape index (κ1) is 58.0. The van der Waals surface area contributed by atoms with Crippen LogP contribution in [0.2, 0.25) is 0 Å². The maximum Gasteiger partial charge on any atom is 0.408 e. The van der Waals surface area contributed by atoms with Gasteiger partial charge in [-0.05, 0) is 34.6 Å². The van der Waals surface area contributed by atoms with Crippen molar-refractivity contribution in [3.05, 3.63) is 12.2 Å². The number of amides is 4. The minimum Gasteiger partial charge on any atom is -0.444 e. The molecule has 0 aromatic rings. The number of imide groups is 1. The van der Waals surface area contributed by atoms with E-state index in [4.69, 9.17) is 4.74 Å². The third-order valence-corrected chi connectivity index (χ3v) is 8.87. The van der Waals surface area contributed by atoms with E-state index in [1.165, 1.54) is 0 Å². The van der Waals surface area contributed by atoms with Crippen LogP contribution in [0.1, 0.15) is 144 Å². The zero-order chi connectivity index (χ0) is 45.1. The molecule has 0 aliphatic carbocycles. The van der Waals surface area contributed by atoms with Crippen molar-refractivity contribution in [3.8, 4) is 0 Å². The van der Waals surface area contributed by atoms with Crippen LogP contribution in [0.15, 0.2) is 12.2 Å². The van der Waals surface area contributed by atoms with Crippen molar-refractivity contribution in [2.45, 2.75) is 162 Å². The lowest BCUT2D eigenvalue weighted by atomic mass is 9.90. The van der Waals surface area contributed by atoms with Crippen molar-refractivity contribution < 1.29 is 52.7 Å². The number of ketones is 6. The summed E-state index contributed by atoms with van der Waals surface area (Å²) in [6, 6.07) is -1.38. The number of hydrogen-bond acceptors (Lipinski definition) is 11. The van der Waals surface area contributed by atoms with Crippen molar-refractivity contribution in [2.24, 2.45) is 41.4 Å². The van der Waals surface area contributed by atoms with E-state index in [2.05, 4.69) is 10.6 Å². The molecule has 0 bridgehead atoms. The molecule has 0 saturated heterocycles. The van der Waals surface area contributed by atoms with Gasteiger partial charge in [0.1, 0.15) is 28.7 Å². The molecule has 1 heterocycles. The molecule has 5 atom stereocenters. The second-order valence-corrected chi connectivity index (χ2v) is 17.1. The van der Waals surface area contributed by atoms with Crippen molar-refractivity contribution in [2.75, 3.05) is 6.54 Å². The van der Waals surface area contributed by atoms with Crippen molar-refractivity contribution in [1.82, 2.24) is 15.5 Å². The van der Waals surface area contributed by atoms with Gasteiger partial charge in [-0.3, -0.25) is 48.1 Å². The SMILES string of the molecule is C.CC(C)C(=O)C[C@@H](C)C(=O)C(C)C.CC(C)C(=O)[C@H](C)CC(=O)[C@H](C)NC(=O)CCN1C(=O)C=CC1=O.CC(C)C(=O)[C@H](C)CC(=O)[C@H](C)NC(=O)OC(C)(C)C. The average Bonchev–Trinajstić information content (AvgIpc) is 3.41. The molecule has 0 aromatic heterocycles. The van der Waals surface area contributed by atoms with Crippen LogP contribution in [-0.2, 0) is 47.9 Å². The largest absolute Gasteiger partial charge is 0.444 e. The van der Waals surface area contributed by atoms with E-state index in [1.54, 1.807) is 62.3 Å². The summed E-state index contributed by atoms with van der Waals surface area (Å²) in [6.07, 6.45) is 2.21. The molecule has 4 amide bonds. The smallest absolute Gasteiger partial charge is 0.408 e. The summed E-state index contributed by atoms with van der Waals surface area (Å²) in [5.74, 6) is -2.24. The van der Waals surface area contributed by atoms with Crippen molar-refractivity contribution in [3.63, 3.8) is 0 Å². The normalized spacial score (nSPS) is 14.9. The molecule has 0 unspecified atom stereocenters. The average molecular weight is 822 g/mol. The fourth-order valence-corrected chi connectivity index (χ4v) is 5.33. The molecular formula is C44H75N3O11. The Bertz CT molecular complexity index is 1450. The van der Waals surface area contributed by atoms with Crippen LogP contribution in [0.3, 0.4) is 0 Å². The summed E-state index contributed by atoms with van der Waals surface area (Å²) >= 11 is 0. The first-order valence-electron chi connectivity index (χ1n) is 19.9. The van der Waals surface area contributed by atoms with Crippen LogP contribution in [-0.4, -0.2) is 87.6 Å². The summed E-state index contributed by atoms with van der Waals surface area (Å²) in [4.78, 5) is 117. The molecule has 0 fully saturated rings. The third-order valence-electron chi connectivity index (χ3n) is 8.87. The molecular weight excluding hydrogens is 746 g/mol. The molecule has 14 heteroatoms. The summed E-state index contributed by atoms with van der Waals surface area (Å²) in [5.41, 5.74) is -0.603. The van der Waals surface area contributed by atoms with Gasteiger partial charge in [-0.25, -0.2) is 4.79 Å². The lowest BCUT2D eigenvalue weighted by Gasteiger charge is -2.22. The molecule has 58 heavy (non-hydrogen) atoms. The molecule has 2 N–H and O–H groups in total. The van der Waals surface area contributed by atoms with Crippen LogP contribution in [0.5, 0.6) is 0 Å². The monoisotopic (exact) mass is 822 g/mol. The van der Waals surface area contributed by atoms with Crippen LogP contribution >= 0.6 is 0 Å². The number of carbonyl (C=O) groups is 10. The van der Waals surface area contributed by atoms with Gasteiger partial charge in [-0.2, -0.15) is 0 Å². The van der Waals surface area contributed by atoms with E-state index < -0.39 is 41.5 Å². The quantitative estimate of drug-likeness (QED) is 0.128. The topological polar surface area (TPSA) is 207 Å². The van der Waals surface area contributed by atoms with Gasteiger partial charge in [0.25, 0.3) is 11.8 Å². The minimum atomic E-state index is -0.719. The number of nitrogens with zero attached hydrogens (tertiary/aromatic N) is 1. The maximum atomic E-state index is 12.1. The Hall–Kier alpha value is -4.36. The fourth-order valence-electron chi connectivity index (χ4n) is 5.33. The Balaban J connectivity index is -0.000000810. The minimum absolute atomic E-state index is 0. The van der Waals surface area contributed by atoms with E-state index >= 15 is 0 Å². The highest BCUT2D eigenvalue weighted by Gasteiger charge is 2.27. The molecule has 1 aliphatic heterocycles. The molecule has 0 spiro atoms. The number of hydrogen-bond donors (Lipinski definition) is 2. The van der Waals surface area contributed by atoms with Gasteiger partial charge >= 0.3 is 6.09 Å². The number of carbonyl (C=O) groups excluding carboxylic acids is 10. The Morgan fingerprint density at radius 3 is 1.19 bits per heavy atom. The lowest BCUT2D eigenvalue weighted by molar-refractivity contribution is -0.137. The van der Waals surface area contributed by atoms with Crippen LogP contribution in [0.4, 0.5) is 4.79 Å². The molecule has 1 rings (SSSR count). The van der Waals surface area contributed by atoms with Gasteiger partial charge in [0.05, 0.1) is 12.1 Å². The second kappa shape index (κ2) is 27.4. The summed E-state index contributed by atoms with van der Waals surface area (Å²) in [5, 5.41) is 5.03. The number of rotatable bonds is 20. The number of Topliss-reactive ketones (excluding diaryl/α,β-unsaturated/α-hetero) is 6. The predicted octanol–water partition coefficient (Wildman–Crippen LogP) is 6.45. The predicted molar refractivity (Wildman–Crippen MR) is 224 cm³/mol. The number of alkyl carbamates (subject to hydrolysis) is 1. The Morgan fingerprint density at radius 1 is 0.552 bits per heavy atom. The van der Waals surface area contributed by atoms with Crippen LogP contribution < -0.4 is 10.6 Å².